The van der Waals surface area contributed by atoms with Gasteiger partial charge in [0.1, 0.15) is 4.92 Å². The fourth-order valence-electron chi connectivity index (χ4n) is 1.76. The Bertz CT molecular complexity index is 834. The van der Waals surface area contributed by atoms with Crippen LogP contribution >= 0.6 is 0 Å². The predicted molar refractivity (Wildman–Crippen MR) is 66.7 cm³/mol. The first kappa shape index (κ1) is 11.1. The van der Waals surface area contributed by atoms with Gasteiger partial charge < -0.3 is 9.40 Å². The van der Waals surface area contributed by atoms with Crippen molar-refractivity contribution in [2.24, 2.45) is 0 Å². The number of nitrogens with one attached hydrogen (secondary N) is 1. The number of benzene rings is 1. The van der Waals surface area contributed by atoms with Crippen molar-refractivity contribution in [1.82, 2.24) is 9.97 Å². The molecule has 0 saturated carbocycles. The third kappa shape index (κ3) is 1.86. The van der Waals surface area contributed by atoms with Crippen molar-refractivity contribution >= 4 is 16.8 Å². The Hall–Kier alpha value is -2.96. The minimum absolute atomic E-state index is 0.148. The molecular weight excluding hydrogens is 250 g/mol. The standard InChI is InChI=1S/C12H7N3O4/c16-12-7-3-1-2-4-8(7)13-11(14-12)9-5-6-10(19-9)15(17)18/h1-6H,(H,13,14,16). The van der Waals surface area contributed by atoms with Crippen molar-refractivity contribution in [2.75, 3.05) is 0 Å². The zero-order chi connectivity index (χ0) is 13.4. The number of nitrogens with zero attached hydrogens (tertiary/aromatic N) is 2. The van der Waals surface area contributed by atoms with Gasteiger partial charge in [0.05, 0.1) is 17.0 Å². The zero-order valence-corrected chi connectivity index (χ0v) is 9.49. The van der Waals surface area contributed by atoms with E-state index in [4.69, 9.17) is 4.42 Å². The summed E-state index contributed by atoms with van der Waals surface area (Å²) in [6.45, 7) is 0. The van der Waals surface area contributed by atoms with Crippen LogP contribution in [0.25, 0.3) is 22.5 Å². The molecule has 2 aromatic heterocycles. The molecule has 3 aromatic rings. The van der Waals surface area contributed by atoms with Crippen molar-refractivity contribution in [3.63, 3.8) is 0 Å². The molecule has 3 rings (SSSR count). The summed E-state index contributed by atoms with van der Waals surface area (Å²) in [5, 5.41) is 11.0. The number of fused-ring (bicyclic) bond motifs is 1. The average Bonchev–Trinajstić information content (AvgIpc) is 2.88. The minimum atomic E-state index is -0.650. The highest BCUT2D eigenvalue weighted by atomic mass is 16.6. The Balaban J connectivity index is 2.19. The molecule has 0 saturated heterocycles. The van der Waals surface area contributed by atoms with E-state index in [0.717, 1.165) is 0 Å². The van der Waals surface area contributed by atoms with Gasteiger partial charge in [-0.15, -0.1) is 0 Å². The summed E-state index contributed by atoms with van der Waals surface area (Å²) in [7, 11) is 0. The maximum Gasteiger partial charge on any atom is 0.433 e. The van der Waals surface area contributed by atoms with Gasteiger partial charge in [-0.25, -0.2) is 4.98 Å². The van der Waals surface area contributed by atoms with Crippen molar-refractivity contribution in [1.29, 1.82) is 0 Å². The van der Waals surface area contributed by atoms with Gasteiger partial charge in [-0.2, -0.15) is 0 Å². The normalized spacial score (nSPS) is 10.7. The van der Waals surface area contributed by atoms with Crippen LogP contribution in [-0.4, -0.2) is 14.9 Å². The molecule has 0 aliphatic rings. The van der Waals surface area contributed by atoms with Crippen LogP contribution in [0.3, 0.4) is 0 Å². The molecule has 19 heavy (non-hydrogen) atoms. The second-order valence-corrected chi connectivity index (χ2v) is 3.83. The number of aromatic amines is 1. The van der Waals surface area contributed by atoms with E-state index in [9.17, 15) is 14.9 Å². The first-order chi connectivity index (χ1) is 9.15. The maximum absolute atomic E-state index is 11.8. The number of para-hydroxylation sites is 1. The Labute approximate surface area is 105 Å². The molecule has 94 valence electrons. The molecule has 0 fully saturated rings. The van der Waals surface area contributed by atoms with Crippen LogP contribution in [0.1, 0.15) is 0 Å². The SMILES string of the molecule is O=c1[nH]c(-c2ccc([N+](=O)[O-])o2)nc2ccccc12. The van der Waals surface area contributed by atoms with Crippen molar-refractivity contribution in [3.8, 4) is 11.6 Å². The molecule has 7 heteroatoms. The third-order valence-corrected chi connectivity index (χ3v) is 2.62. The summed E-state index contributed by atoms with van der Waals surface area (Å²) in [6, 6.07) is 9.43. The van der Waals surface area contributed by atoms with Gasteiger partial charge >= 0.3 is 5.88 Å². The van der Waals surface area contributed by atoms with Crippen molar-refractivity contribution in [3.05, 3.63) is 56.9 Å². The molecule has 0 radical (unpaired) electrons. The highest BCUT2D eigenvalue weighted by molar-refractivity contribution is 5.78. The Morgan fingerprint density at radius 3 is 2.74 bits per heavy atom. The number of H-pyrrole nitrogens is 1. The van der Waals surface area contributed by atoms with E-state index in [2.05, 4.69) is 9.97 Å². The van der Waals surface area contributed by atoms with Crippen LogP contribution in [0, 0.1) is 10.1 Å². The molecule has 1 N–H and O–H groups in total. The van der Waals surface area contributed by atoms with Gasteiger partial charge in [-0.05, 0) is 18.2 Å². The highest BCUT2D eigenvalue weighted by Crippen LogP contribution is 2.23. The summed E-state index contributed by atoms with van der Waals surface area (Å²) >= 11 is 0. The van der Waals surface area contributed by atoms with E-state index in [-0.39, 0.29) is 17.1 Å². The lowest BCUT2D eigenvalue weighted by Crippen LogP contribution is -2.08. The lowest BCUT2D eigenvalue weighted by molar-refractivity contribution is -0.401. The molecule has 0 aliphatic heterocycles. The second kappa shape index (κ2) is 4.05. The maximum atomic E-state index is 11.8. The Morgan fingerprint density at radius 2 is 2.00 bits per heavy atom. The lowest BCUT2D eigenvalue weighted by atomic mass is 10.2. The number of hydrogen-bond donors (Lipinski definition) is 1. The molecule has 1 aromatic carbocycles. The molecule has 0 atom stereocenters. The van der Waals surface area contributed by atoms with Crippen LogP contribution in [0.5, 0.6) is 0 Å². The quantitative estimate of drug-likeness (QED) is 0.559. The average molecular weight is 257 g/mol. The minimum Gasteiger partial charge on any atom is -0.397 e. The first-order valence-corrected chi connectivity index (χ1v) is 5.39. The van der Waals surface area contributed by atoms with Crippen LogP contribution in [0.2, 0.25) is 0 Å². The topological polar surface area (TPSA) is 102 Å². The molecule has 0 bridgehead atoms. The summed E-state index contributed by atoms with van der Waals surface area (Å²) < 4.78 is 5.00. The van der Waals surface area contributed by atoms with Gasteiger partial charge in [-0.3, -0.25) is 14.9 Å². The van der Waals surface area contributed by atoms with E-state index < -0.39 is 10.8 Å². The second-order valence-electron chi connectivity index (χ2n) is 3.83. The number of rotatable bonds is 2. The van der Waals surface area contributed by atoms with Crippen LogP contribution < -0.4 is 5.56 Å². The van der Waals surface area contributed by atoms with E-state index in [1.165, 1.54) is 12.1 Å². The zero-order valence-electron chi connectivity index (χ0n) is 9.49. The van der Waals surface area contributed by atoms with Crippen LogP contribution in [0.4, 0.5) is 5.88 Å². The smallest absolute Gasteiger partial charge is 0.397 e. The lowest BCUT2D eigenvalue weighted by Gasteiger charge is -1.99. The molecular formula is C12H7N3O4. The Morgan fingerprint density at radius 1 is 1.21 bits per heavy atom. The van der Waals surface area contributed by atoms with Gasteiger partial charge in [0.2, 0.25) is 0 Å². The molecule has 2 heterocycles. The van der Waals surface area contributed by atoms with Gasteiger partial charge in [0, 0.05) is 0 Å². The van der Waals surface area contributed by atoms with E-state index >= 15 is 0 Å². The number of nitro groups is 1. The Kier molecular flexibility index (Phi) is 2.38. The molecule has 0 amide bonds. The van der Waals surface area contributed by atoms with Gasteiger partial charge in [0.25, 0.3) is 5.56 Å². The highest BCUT2D eigenvalue weighted by Gasteiger charge is 2.15. The van der Waals surface area contributed by atoms with Gasteiger partial charge in [0.15, 0.2) is 11.6 Å². The predicted octanol–water partition coefficient (Wildman–Crippen LogP) is 2.09. The van der Waals surface area contributed by atoms with Crippen molar-refractivity contribution in [2.45, 2.75) is 0 Å². The van der Waals surface area contributed by atoms with E-state index in [0.29, 0.717) is 10.9 Å². The number of furan rings is 1. The van der Waals surface area contributed by atoms with E-state index in [1.807, 2.05) is 0 Å². The summed E-state index contributed by atoms with van der Waals surface area (Å²) in [6.07, 6.45) is 0. The van der Waals surface area contributed by atoms with Crippen LogP contribution in [-0.2, 0) is 0 Å². The number of hydrogen-bond acceptors (Lipinski definition) is 5. The van der Waals surface area contributed by atoms with Crippen molar-refractivity contribution < 1.29 is 9.34 Å². The first-order valence-electron chi connectivity index (χ1n) is 5.39. The molecule has 0 aliphatic carbocycles. The molecule has 7 nitrogen and oxygen atoms in total. The molecule has 0 unspecified atom stereocenters. The van der Waals surface area contributed by atoms with Crippen LogP contribution in [0.15, 0.2) is 45.6 Å². The van der Waals surface area contributed by atoms with E-state index in [1.54, 1.807) is 24.3 Å². The fraction of sp³-hybridized carbons (Fsp3) is 0. The summed E-state index contributed by atoms with van der Waals surface area (Å²) in [5.74, 6) is -0.0860. The van der Waals surface area contributed by atoms with Gasteiger partial charge in [-0.1, -0.05) is 12.1 Å². The number of aromatic nitrogens is 2. The third-order valence-electron chi connectivity index (χ3n) is 2.62. The monoisotopic (exact) mass is 257 g/mol. The fourth-order valence-corrected chi connectivity index (χ4v) is 1.76. The largest absolute Gasteiger partial charge is 0.433 e. The summed E-state index contributed by atoms with van der Waals surface area (Å²) in [4.78, 5) is 28.5. The summed E-state index contributed by atoms with van der Waals surface area (Å²) in [5.41, 5.74) is 0.181. The molecule has 0 spiro atoms.